The van der Waals surface area contributed by atoms with E-state index in [0.29, 0.717) is 23.9 Å². The van der Waals surface area contributed by atoms with E-state index in [-0.39, 0.29) is 35.7 Å². The fourth-order valence-corrected chi connectivity index (χ4v) is 4.58. The second kappa shape index (κ2) is 8.45. The number of aliphatic carboxylic acids is 1. The predicted molar refractivity (Wildman–Crippen MR) is 121 cm³/mol. The third kappa shape index (κ3) is 3.85. The van der Waals surface area contributed by atoms with E-state index in [9.17, 15) is 23.9 Å². The summed E-state index contributed by atoms with van der Waals surface area (Å²) in [6.45, 7) is 2.38. The molecule has 3 aromatic rings. The fourth-order valence-electron chi connectivity index (χ4n) is 3.93. The van der Waals surface area contributed by atoms with Crippen LogP contribution in [0.25, 0.3) is 0 Å². The number of nitrogens with one attached hydrogen (secondary N) is 1. The highest BCUT2D eigenvalue weighted by atomic mass is 32.1. The van der Waals surface area contributed by atoms with Gasteiger partial charge in [-0.05, 0) is 24.6 Å². The number of rotatable bonds is 5. The zero-order chi connectivity index (χ0) is 24.0. The Morgan fingerprint density at radius 2 is 2.00 bits per heavy atom. The van der Waals surface area contributed by atoms with Gasteiger partial charge in [0, 0.05) is 37.4 Å². The molecule has 1 fully saturated rings. The lowest BCUT2D eigenvalue weighted by atomic mass is 9.93. The van der Waals surface area contributed by atoms with Gasteiger partial charge in [-0.15, -0.1) is 11.3 Å². The molecule has 0 radical (unpaired) electrons. The molecule has 0 bridgehead atoms. The third-order valence-corrected chi connectivity index (χ3v) is 6.54. The van der Waals surface area contributed by atoms with Crippen LogP contribution < -0.4 is 15.1 Å². The molecule has 2 N–H and O–H groups in total. The highest BCUT2D eigenvalue weighted by Crippen LogP contribution is 2.38. The van der Waals surface area contributed by atoms with Gasteiger partial charge < -0.3 is 20.2 Å². The summed E-state index contributed by atoms with van der Waals surface area (Å²) < 4.78 is 15.0. The maximum Gasteiger partial charge on any atom is 0.316 e. The van der Waals surface area contributed by atoms with Crippen LogP contribution in [-0.2, 0) is 4.79 Å². The molecule has 5 heterocycles. The molecule has 174 valence electrons. The molecule has 10 nitrogen and oxygen atoms in total. The van der Waals surface area contributed by atoms with Crippen molar-refractivity contribution >= 4 is 45.8 Å². The first-order valence-electron chi connectivity index (χ1n) is 10.4. The molecule has 0 aromatic carbocycles. The number of fused-ring (bicyclic) bond motifs is 1. The van der Waals surface area contributed by atoms with Crippen molar-refractivity contribution in [2.24, 2.45) is 5.92 Å². The van der Waals surface area contributed by atoms with Crippen molar-refractivity contribution in [1.82, 2.24) is 20.3 Å². The minimum atomic E-state index is -1.34. The Morgan fingerprint density at radius 1 is 1.21 bits per heavy atom. The molecule has 1 atom stereocenters. The average Bonchev–Trinajstić information content (AvgIpc) is 3.31. The maximum absolute atomic E-state index is 15.0. The van der Waals surface area contributed by atoms with Crippen molar-refractivity contribution < 1.29 is 23.9 Å². The van der Waals surface area contributed by atoms with E-state index in [1.165, 1.54) is 16.2 Å². The number of aromatic nitrogens is 3. The van der Waals surface area contributed by atoms with Gasteiger partial charge in [-0.2, -0.15) is 0 Å². The van der Waals surface area contributed by atoms with E-state index in [4.69, 9.17) is 0 Å². The summed E-state index contributed by atoms with van der Waals surface area (Å²) in [5.41, 5.74) is 1.15. The van der Waals surface area contributed by atoms with Crippen molar-refractivity contribution in [3.8, 4) is 0 Å². The van der Waals surface area contributed by atoms with E-state index in [2.05, 4.69) is 20.3 Å². The van der Waals surface area contributed by atoms with Crippen molar-refractivity contribution in [3.05, 3.63) is 58.6 Å². The lowest BCUT2D eigenvalue weighted by molar-refractivity contribution is -0.139. The number of amides is 1. The van der Waals surface area contributed by atoms with Crippen LogP contribution in [0.3, 0.4) is 0 Å². The van der Waals surface area contributed by atoms with E-state index in [1.54, 1.807) is 34.8 Å². The predicted octanol–water partition coefficient (Wildman–Crippen LogP) is 2.03. The first-order chi connectivity index (χ1) is 16.3. The quantitative estimate of drug-likeness (QED) is 0.525. The van der Waals surface area contributed by atoms with Crippen molar-refractivity contribution in [3.63, 3.8) is 0 Å². The summed E-state index contributed by atoms with van der Waals surface area (Å²) >= 11 is 1.26. The molecule has 1 saturated heterocycles. The van der Waals surface area contributed by atoms with Crippen LogP contribution in [0.5, 0.6) is 0 Å². The van der Waals surface area contributed by atoms with Gasteiger partial charge in [0.05, 0.1) is 11.6 Å². The van der Waals surface area contributed by atoms with Crippen LogP contribution >= 0.6 is 11.3 Å². The average molecular weight is 482 g/mol. The highest BCUT2D eigenvalue weighted by Gasteiger charge is 2.41. The normalized spacial score (nSPS) is 17.8. The summed E-state index contributed by atoms with van der Waals surface area (Å²) in [5.74, 6) is -4.17. The topological polar surface area (TPSA) is 129 Å². The SMILES string of the molecule is Cc1ccc(C(=O)NC2CN(c3nc4c(cc3F)C(=O)C(C(=O)O)CN4c3nccs3)C2)nc1. The van der Waals surface area contributed by atoms with Gasteiger partial charge in [0.2, 0.25) is 0 Å². The van der Waals surface area contributed by atoms with E-state index < -0.39 is 23.5 Å². The number of anilines is 3. The molecule has 12 heteroatoms. The molecule has 5 rings (SSSR count). The van der Waals surface area contributed by atoms with Crippen molar-refractivity contribution in [1.29, 1.82) is 0 Å². The molecule has 0 spiro atoms. The number of Topliss-reactive ketones (excluding diaryl/α,β-unsaturated/α-hetero) is 1. The van der Waals surface area contributed by atoms with Crippen LogP contribution in [-0.4, -0.2) is 63.4 Å². The lowest BCUT2D eigenvalue weighted by Crippen LogP contribution is -2.60. The number of aryl methyl sites for hydroxylation is 1. The summed E-state index contributed by atoms with van der Waals surface area (Å²) in [5, 5.41) is 14.5. The molecular weight excluding hydrogens is 463 g/mol. The Morgan fingerprint density at radius 3 is 2.65 bits per heavy atom. The number of halogens is 1. The standard InChI is InChI=1S/C22H19FN6O4S/c1-11-2-3-16(25-7-11)20(31)26-12-8-28(9-12)19-15(23)6-13-17(30)14(21(32)33)10-29(18(13)27-19)22-24-4-5-34-22/h2-7,12,14H,8-10H2,1H3,(H,26,31)(H,32,33). The Bertz CT molecular complexity index is 1280. The van der Waals surface area contributed by atoms with Gasteiger partial charge in [-0.25, -0.2) is 14.4 Å². The minimum Gasteiger partial charge on any atom is -0.481 e. The number of hydrogen-bond acceptors (Lipinski definition) is 9. The van der Waals surface area contributed by atoms with Gasteiger partial charge in [-0.1, -0.05) is 6.07 Å². The molecule has 1 amide bonds. The molecular formula is C22H19FN6O4S. The largest absolute Gasteiger partial charge is 0.481 e. The first-order valence-corrected chi connectivity index (χ1v) is 11.3. The number of nitrogens with zero attached hydrogens (tertiary/aromatic N) is 5. The molecule has 2 aliphatic heterocycles. The second-order valence-corrected chi connectivity index (χ2v) is 9.01. The van der Waals surface area contributed by atoms with Gasteiger partial charge in [-0.3, -0.25) is 19.4 Å². The van der Waals surface area contributed by atoms with Crippen molar-refractivity contribution in [2.45, 2.75) is 13.0 Å². The number of thiazole rings is 1. The number of carboxylic acids is 1. The molecule has 0 aliphatic carbocycles. The molecule has 2 aliphatic rings. The first kappa shape index (κ1) is 21.9. The molecule has 1 unspecified atom stereocenters. The Hall–Kier alpha value is -3.93. The number of hydrogen-bond donors (Lipinski definition) is 2. The zero-order valence-corrected chi connectivity index (χ0v) is 18.8. The van der Waals surface area contributed by atoms with E-state index in [0.717, 1.165) is 11.6 Å². The summed E-state index contributed by atoms with van der Waals surface area (Å²) in [6, 6.07) is 4.25. The summed E-state index contributed by atoms with van der Waals surface area (Å²) in [7, 11) is 0. The third-order valence-electron chi connectivity index (χ3n) is 5.75. The van der Waals surface area contributed by atoms with Gasteiger partial charge in [0.25, 0.3) is 5.91 Å². The van der Waals surface area contributed by atoms with Gasteiger partial charge >= 0.3 is 5.97 Å². The van der Waals surface area contributed by atoms with Crippen LogP contribution in [0.1, 0.15) is 26.4 Å². The van der Waals surface area contributed by atoms with Crippen LogP contribution in [0.4, 0.5) is 21.2 Å². The maximum atomic E-state index is 15.0. The Kier molecular flexibility index (Phi) is 5.44. The fraction of sp³-hybridized carbons (Fsp3) is 0.273. The number of pyridine rings is 2. The smallest absolute Gasteiger partial charge is 0.316 e. The molecule has 34 heavy (non-hydrogen) atoms. The van der Waals surface area contributed by atoms with Crippen molar-refractivity contribution in [2.75, 3.05) is 29.4 Å². The molecule has 0 saturated carbocycles. The minimum absolute atomic E-state index is 0.0286. The monoisotopic (exact) mass is 482 g/mol. The number of carbonyl (C=O) groups excluding carboxylic acids is 2. The second-order valence-electron chi connectivity index (χ2n) is 8.14. The highest BCUT2D eigenvalue weighted by molar-refractivity contribution is 7.13. The Balaban J connectivity index is 1.37. The lowest BCUT2D eigenvalue weighted by Gasteiger charge is -2.41. The summed E-state index contributed by atoms with van der Waals surface area (Å²) in [4.78, 5) is 52.6. The number of ketones is 1. The van der Waals surface area contributed by atoms with Gasteiger partial charge in [0.15, 0.2) is 22.5 Å². The molecule has 3 aromatic heterocycles. The summed E-state index contributed by atoms with van der Waals surface area (Å²) in [6.07, 6.45) is 3.17. The Labute approximate surface area is 197 Å². The van der Waals surface area contributed by atoms with Crippen LogP contribution in [0.2, 0.25) is 0 Å². The number of carbonyl (C=O) groups is 3. The van der Waals surface area contributed by atoms with E-state index in [1.807, 2.05) is 6.92 Å². The van der Waals surface area contributed by atoms with Gasteiger partial charge in [0.1, 0.15) is 17.4 Å². The number of carboxylic acid groups (broad SMARTS) is 1. The van der Waals surface area contributed by atoms with Crippen LogP contribution in [0.15, 0.2) is 36.0 Å². The van der Waals surface area contributed by atoms with Crippen LogP contribution in [0, 0.1) is 18.7 Å². The zero-order valence-electron chi connectivity index (χ0n) is 17.9. The van der Waals surface area contributed by atoms with E-state index >= 15 is 0 Å².